The van der Waals surface area contributed by atoms with Crippen LogP contribution in [-0.4, -0.2) is 37.9 Å². The van der Waals surface area contributed by atoms with Gasteiger partial charge in [0.2, 0.25) is 0 Å². The Morgan fingerprint density at radius 1 is 1.00 bits per heavy atom. The fraction of sp³-hybridized carbons (Fsp3) is 0.833. The van der Waals surface area contributed by atoms with Crippen molar-refractivity contribution in [3.8, 4) is 0 Å². The van der Waals surface area contributed by atoms with E-state index in [0.717, 1.165) is 0 Å². The Hall–Kier alpha value is -0.940. The van der Waals surface area contributed by atoms with Gasteiger partial charge >= 0.3 is 5.97 Å². The van der Waals surface area contributed by atoms with Crippen LogP contribution in [0.5, 0.6) is 0 Å². The third-order valence-corrected chi connectivity index (χ3v) is 2.20. The van der Waals surface area contributed by atoms with Gasteiger partial charge in [-0.15, -0.1) is 0 Å². The zero-order chi connectivity index (χ0) is 13.3. The van der Waals surface area contributed by atoms with Gasteiger partial charge in [-0.25, -0.2) is 0 Å². The Morgan fingerprint density at radius 3 is 1.94 bits per heavy atom. The predicted molar refractivity (Wildman–Crippen MR) is 62.5 cm³/mol. The van der Waals surface area contributed by atoms with E-state index in [0.29, 0.717) is 13.2 Å². The van der Waals surface area contributed by atoms with E-state index in [-0.39, 0.29) is 18.8 Å². The third kappa shape index (κ3) is 6.38. The van der Waals surface area contributed by atoms with E-state index in [1.807, 2.05) is 13.8 Å². The van der Waals surface area contributed by atoms with Gasteiger partial charge in [0, 0.05) is 13.2 Å². The molecule has 0 amide bonds. The molecule has 5 heteroatoms. The Bertz CT molecular complexity index is 233. The second kappa shape index (κ2) is 9.13. The summed E-state index contributed by atoms with van der Waals surface area (Å²) >= 11 is 0. The predicted octanol–water partition coefficient (Wildman–Crippen LogP) is 1.54. The number of carbonyl (C=O) groups excluding carboxylic acids is 2. The van der Waals surface area contributed by atoms with Crippen molar-refractivity contribution in [1.29, 1.82) is 0 Å². The van der Waals surface area contributed by atoms with Gasteiger partial charge in [0.1, 0.15) is 5.92 Å². The number of carbonyl (C=O) groups is 2. The standard InChI is InChI=1S/C12H22O5/c1-5-15-11(16-6-2)8-10(13)9(4)12(14)17-7-3/h9,11H,5-8H2,1-4H3. The quantitative estimate of drug-likeness (QED) is 0.351. The Kier molecular flexibility index (Phi) is 8.62. The van der Waals surface area contributed by atoms with E-state index in [9.17, 15) is 9.59 Å². The first-order valence-electron chi connectivity index (χ1n) is 5.99. The number of Topliss-reactive ketones (excluding diaryl/α,β-unsaturated/α-hetero) is 1. The number of ketones is 1. The van der Waals surface area contributed by atoms with Crippen LogP contribution in [0.25, 0.3) is 0 Å². The van der Waals surface area contributed by atoms with E-state index in [1.165, 1.54) is 6.92 Å². The molecule has 1 atom stereocenters. The maximum atomic E-state index is 11.8. The summed E-state index contributed by atoms with van der Waals surface area (Å²) in [7, 11) is 0. The monoisotopic (exact) mass is 246 g/mol. The SMILES string of the molecule is CCOC(=O)C(C)C(=O)CC(OCC)OCC. The van der Waals surface area contributed by atoms with Crippen molar-refractivity contribution in [3.63, 3.8) is 0 Å². The van der Waals surface area contributed by atoms with E-state index in [1.54, 1.807) is 6.92 Å². The number of rotatable bonds is 9. The molecule has 0 saturated carbocycles. The molecule has 1 unspecified atom stereocenters. The molecule has 0 N–H and O–H groups in total. The molecule has 100 valence electrons. The first-order chi connectivity index (χ1) is 8.06. The fourth-order valence-corrected chi connectivity index (χ4v) is 1.28. The smallest absolute Gasteiger partial charge is 0.316 e. The summed E-state index contributed by atoms with van der Waals surface area (Å²) in [5, 5.41) is 0. The number of hydrogen-bond acceptors (Lipinski definition) is 5. The van der Waals surface area contributed by atoms with Gasteiger partial charge in [-0.2, -0.15) is 0 Å². The highest BCUT2D eigenvalue weighted by Crippen LogP contribution is 2.09. The van der Waals surface area contributed by atoms with E-state index in [2.05, 4.69) is 0 Å². The maximum Gasteiger partial charge on any atom is 0.316 e. The van der Waals surface area contributed by atoms with E-state index >= 15 is 0 Å². The van der Waals surface area contributed by atoms with Crippen LogP contribution in [0.15, 0.2) is 0 Å². The topological polar surface area (TPSA) is 61.8 Å². The van der Waals surface area contributed by atoms with Crippen LogP contribution in [-0.2, 0) is 23.8 Å². The number of hydrogen-bond donors (Lipinski definition) is 0. The van der Waals surface area contributed by atoms with Crippen molar-refractivity contribution in [2.75, 3.05) is 19.8 Å². The zero-order valence-corrected chi connectivity index (χ0v) is 11.0. The minimum atomic E-state index is -0.765. The molecule has 0 saturated heterocycles. The van der Waals surface area contributed by atoms with Crippen LogP contribution >= 0.6 is 0 Å². The van der Waals surface area contributed by atoms with Gasteiger partial charge in [-0.05, 0) is 27.7 Å². The molecular weight excluding hydrogens is 224 g/mol. The highest BCUT2D eigenvalue weighted by atomic mass is 16.7. The van der Waals surface area contributed by atoms with E-state index in [4.69, 9.17) is 14.2 Å². The minimum absolute atomic E-state index is 0.0711. The molecule has 5 nitrogen and oxygen atoms in total. The molecular formula is C12H22O5. The third-order valence-electron chi connectivity index (χ3n) is 2.20. The van der Waals surface area contributed by atoms with Crippen molar-refractivity contribution in [2.45, 2.75) is 40.4 Å². The van der Waals surface area contributed by atoms with Gasteiger partial charge in [-0.3, -0.25) is 9.59 Å². The Labute approximate surface area is 102 Å². The molecule has 0 rings (SSSR count). The van der Waals surface area contributed by atoms with Crippen LogP contribution < -0.4 is 0 Å². The molecule has 0 spiro atoms. The molecule has 0 aromatic rings. The van der Waals surface area contributed by atoms with Crippen LogP contribution in [0.1, 0.15) is 34.1 Å². The first kappa shape index (κ1) is 16.1. The molecule has 0 aromatic carbocycles. The Morgan fingerprint density at radius 2 is 1.53 bits per heavy atom. The minimum Gasteiger partial charge on any atom is -0.465 e. The largest absolute Gasteiger partial charge is 0.465 e. The second-order valence-corrected chi connectivity index (χ2v) is 3.48. The molecule has 0 aliphatic rings. The van der Waals surface area contributed by atoms with Gasteiger partial charge < -0.3 is 14.2 Å². The molecule has 0 heterocycles. The average Bonchev–Trinajstić information content (AvgIpc) is 2.29. The van der Waals surface area contributed by atoms with Crippen molar-refractivity contribution in [2.24, 2.45) is 5.92 Å². The molecule has 17 heavy (non-hydrogen) atoms. The lowest BCUT2D eigenvalue weighted by molar-refractivity contribution is -0.160. The number of esters is 1. The molecule has 0 aliphatic heterocycles. The fourth-order valence-electron chi connectivity index (χ4n) is 1.28. The summed E-state index contributed by atoms with van der Waals surface area (Å²) < 4.78 is 15.3. The summed E-state index contributed by atoms with van der Waals surface area (Å²) in [4.78, 5) is 23.1. The van der Waals surface area contributed by atoms with Crippen molar-refractivity contribution >= 4 is 11.8 Å². The van der Waals surface area contributed by atoms with Gasteiger partial charge in [-0.1, -0.05) is 0 Å². The van der Waals surface area contributed by atoms with Gasteiger partial charge in [0.15, 0.2) is 12.1 Å². The average molecular weight is 246 g/mol. The van der Waals surface area contributed by atoms with Crippen molar-refractivity contribution in [3.05, 3.63) is 0 Å². The van der Waals surface area contributed by atoms with Crippen molar-refractivity contribution < 1.29 is 23.8 Å². The van der Waals surface area contributed by atoms with Crippen molar-refractivity contribution in [1.82, 2.24) is 0 Å². The summed E-state index contributed by atoms with van der Waals surface area (Å²) in [6, 6.07) is 0. The normalized spacial score (nSPS) is 12.5. The lowest BCUT2D eigenvalue weighted by Crippen LogP contribution is -2.29. The van der Waals surface area contributed by atoms with E-state index < -0.39 is 18.2 Å². The van der Waals surface area contributed by atoms with Gasteiger partial charge in [0.25, 0.3) is 0 Å². The molecule has 0 aliphatic carbocycles. The summed E-state index contributed by atoms with van der Waals surface area (Å²) in [6.07, 6.45) is -0.504. The summed E-state index contributed by atoms with van der Waals surface area (Å²) in [6.45, 7) is 8.10. The van der Waals surface area contributed by atoms with Gasteiger partial charge in [0.05, 0.1) is 13.0 Å². The maximum absolute atomic E-state index is 11.8. The molecule has 0 fully saturated rings. The summed E-state index contributed by atoms with van der Waals surface area (Å²) in [5.74, 6) is -1.49. The summed E-state index contributed by atoms with van der Waals surface area (Å²) in [5.41, 5.74) is 0. The van der Waals surface area contributed by atoms with Crippen LogP contribution in [0.2, 0.25) is 0 Å². The molecule has 0 aromatic heterocycles. The molecule has 0 radical (unpaired) electrons. The molecule has 0 bridgehead atoms. The lowest BCUT2D eigenvalue weighted by Gasteiger charge is -2.17. The zero-order valence-electron chi connectivity index (χ0n) is 11.0. The highest BCUT2D eigenvalue weighted by Gasteiger charge is 2.25. The van der Waals surface area contributed by atoms with Crippen LogP contribution in [0.3, 0.4) is 0 Å². The van der Waals surface area contributed by atoms with Crippen LogP contribution in [0, 0.1) is 5.92 Å². The number of ether oxygens (including phenoxy) is 3. The lowest BCUT2D eigenvalue weighted by atomic mass is 10.0. The second-order valence-electron chi connectivity index (χ2n) is 3.48. The van der Waals surface area contributed by atoms with Crippen LogP contribution in [0.4, 0.5) is 0 Å². The highest BCUT2D eigenvalue weighted by molar-refractivity contribution is 5.98. The Balaban J connectivity index is 4.23. The first-order valence-corrected chi connectivity index (χ1v) is 5.99.